The van der Waals surface area contributed by atoms with Crippen LogP contribution >= 0.6 is 0 Å². The van der Waals surface area contributed by atoms with Gasteiger partial charge in [0.2, 0.25) is 11.8 Å². The molecule has 4 rings (SSSR count). The molecule has 3 aromatic rings. The van der Waals surface area contributed by atoms with Crippen molar-refractivity contribution in [2.24, 2.45) is 5.73 Å². The summed E-state index contributed by atoms with van der Waals surface area (Å²) in [6.45, 7) is 0.793. The Morgan fingerprint density at radius 1 is 0.970 bits per heavy atom. The quantitative estimate of drug-likeness (QED) is 0.523. The van der Waals surface area contributed by atoms with Crippen molar-refractivity contribution in [2.75, 3.05) is 6.54 Å². The summed E-state index contributed by atoms with van der Waals surface area (Å²) in [6, 6.07) is 25.0. The number of nitrogens with two attached hydrogens (primary N) is 1. The third-order valence-corrected chi connectivity index (χ3v) is 6.18. The maximum atomic E-state index is 13.6. The first kappa shape index (κ1) is 22.6. The van der Waals surface area contributed by atoms with Crippen molar-refractivity contribution in [3.63, 3.8) is 0 Å². The molecule has 2 atom stereocenters. The van der Waals surface area contributed by atoms with E-state index in [1.165, 1.54) is 0 Å². The molecule has 6 nitrogen and oxygen atoms in total. The number of amides is 2. The third kappa shape index (κ3) is 5.23. The summed E-state index contributed by atoms with van der Waals surface area (Å²) in [5.41, 5.74) is 9.33. The van der Waals surface area contributed by atoms with E-state index < -0.39 is 12.1 Å². The van der Waals surface area contributed by atoms with Crippen molar-refractivity contribution in [2.45, 2.75) is 37.4 Å². The Bertz CT molecular complexity index is 1050. The van der Waals surface area contributed by atoms with E-state index in [-0.39, 0.29) is 30.0 Å². The number of carbonyl (C=O) groups excluding carboxylic acids is 2. The van der Waals surface area contributed by atoms with E-state index in [0.29, 0.717) is 13.0 Å². The molecule has 1 saturated heterocycles. The van der Waals surface area contributed by atoms with Gasteiger partial charge in [-0.25, -0.2) is 0 Å². The van der Waals surface area contributed by atoms with Crippen LogP contribution in [0.5, 0.6) is 5.75 Å². The molecule has 33 heavy (non-hydrogen) atoms. The van der Waals surface area contributed by atoms with Crippen LogP contribution in [0.2, 0.25) is 0 Å². The minimum Gasteiger partial charge on any atom is -0.508 e. The predicted octanol–water partition coefficient (Wildman–Crippen LogP) is 3.16. The SMILES string of the molecule is N[C@@H](C(=O)N1CCC[C@H]1C(=O)NCc1cccc(O)c1)C(c1ccccc1)c1ccccc1. The van der Waals surface area contributed by atoms with Gasteiger partial charge in [-0.3, -0.25) is 9.59 Å². The molecule has 4 N–H and O–H groups in total. The van der Waals surface area contributed by atoms with Crippen LogP contribution in [0.15, 0.2) is 84.9 Å². The predicted molar refractivity (Wildman–Crippen MR) is 127 cm³/mol. The molecule has 1 heterocycles. The molecule has 2 amide bonds. The van der Waals surface area contributed by atoms with E-state index in [1.54, 1.807) is 23.1 Å². The van der Waals surface area contributed by atoms with Crippen molar-refractivity contribution in [3.8, 4) is 5.75 Å². The number of hydrogen-bond donors (Lipinski definition) is 3. The summed E-state index contributed by atoms with van der Waals surface area (Å²) in [5.74, 6) is -0.579. The van der Waals surface area contributed by atoms with Gasteiger partial charge in [0, 0.05) is 19.0 Å². The maximum absolute atomic E-state index is 13.6. The zero-order valence-corrected chi connectivity index (χ0v) is 18.4. The molecule has 0 unspecified atom stereocenters. The smallest absolute Gasteiger partial charge is 0.243 e. The second-order valence-electron chi connectivity index (χ2n) is 8.40. The highest BCUT2D eigenvalue weighted by Crippen LogP contribution is 2.30. The summed E-state index contributed by atoms with van der Waals surface area (Å²) in [7, 11) is 0. The Morgan fingerprint density at radius 3 is 2.21 bits per heavy atom. The number of phenols is 1. The van der Waals surface area contributed by atoms with Crippen LogP contribution in [-0.4, -0.2) is 40.4 Å². The van der Waals surface area contributed by atoms with E-state index in [9.17, 15) is 14.7 Å². The van der Waals surface area contributed by atoms with Crippen molar-refractivity contribution in [1.29, 1.82) is 0 Å². The van der Waals surface area contributed by atoms with Crippen LogP contribution in [0.3, 0.4) is 0 Å². The van der Waals surface area contributed by atoms with E-state index in [2.05, 4.69) is 5.32 Å². The number of phenolic OH excluding ortho intramolecular Hbond substituents is 1. The van der Waals surface area contributed by atoms with Crippen LogP contribution in [0.1, 0.15) is 35.4 Å². The number of carbonyl (C=O) groups is 2. The zero-order valence-electron chi connectivity index (χ0n) is 18.4. The Hall–Kier alpha value is -3.64. The molecule has 0 radical (unpaired) electrons. The third-order valence-electron chi connectivity index (χ3n) is 6.18. The van der Waals surface area contributed by atoms with Gasteiger partial charge in [0.15, 0.2) is 0 Å². The second kappa shape index (κ2) is 10.3. The second-order valence-corrected chi connectivity index (χ2v) is 8.40. The zero-order chi connectivity index (χ0) is 23.2. The Morgan fingerprint density at radius 2 is 1.61 bits per heavy atom. The fraction of sp³-hybridized carbons (Fsp3) is 0.259. The minimum absolute atomic E-state index is 0.151. The summed E-state index contributed by atoms with van der Waals surface area (Å²) in [5, 5.41) is 12.5. The molecule has 0 aliphatic carbocycles. The lowest BCUT2D eigenvalue weighted by Gasteiger charge is -2.31. The average Bonchev–Trinajstić information content (AvgIpc) is 3.34. The molecule has 170 valence electrons. The number of aromatic hydroxyl groups is 1. The van der Waals surface area contributed by atoms with Crippen LogP contribution in [0.4, 0.5) is 0 Å². The first-order chi connectivity index (χ1) is 16.0. The van der Waals surface area contributed by atoms with Gasteiger partial charge < -0.3 is 21.1 Å². The lowest BCUT2D eigenvalue weighted by molar-refractivity contribution is -0.139. The highest BCUT2D eigenvalue weighted by molar-refractivity contribution is 5.91. The highest BCUT2D eigenvalue weighted by Gasteiger charge is 2.39. The molecule has 1 aliphatic rings. The molecule has 3 aromatic carbocycles. The normalized spacial score (nSPS) is 16.5. The minimum atomic E-state index is -0.811. The molecular weight excluding hydrogens is 414 g/mol. The first-order valence-corrected chi connectivity index (χ1v) is 11.3. The van der Waals surface area contributed by atoms with Gasteiger partial charge in [0.1, 0.15) is 11.8 Å². The molecule has 1 fully saturated rings. The molecule has 1 aliphatic heterocycles. The fourth-order valence-electron chi connectivity index (χ4n) is 4.54. The fourth-order valence-corrected chi connectivity index (χ4v) is 4.54. The van der Waals surface area contributed by atoms with Gasteiger partial charge in [-0.2, -0.15) is 0 Å². The summed E-state index contributed by atoms with van der Waals surface area (Å²) in [4.78, 5) is 28.1. The standard InChI is InChI=1S/C27H29N3O3/c28-25(24(20-10-3-1-4-11-20)21-12-5-2-6-13-21)27(33)30-16-8-15-23(30)26(32)29-18-19-9-7-14-22(31)17-19/h1-7,9-14,17,23-25,31H,8,15-16,18,28H2,(H,29,32)/t23-,25+/m0/s1. The number of rotatable bonds is 7. The van der Waals surface area contributed by atoms with Crippen LogP contribution in [0, 0.1) is 0 Å². The lowest BCUT2D eigenvalue weighted by Crippen LogP contribution is -2.52. The van der Waals surface area contributed by atoms with E-state index in [1.807, 2.05) is 66.7 Å². The van der Waals surface area contributed by atoms with E-state index >= 15 is 0 Å². The topological polar surface area (TPSA) is 95.7 Å². The van der Waals surface area contributed by atoms with Gasteiger partial charge >= 0.3 is 0 Å². The Balaban J connectivity index is 1.50. The van der Waals surface area contributed by atoms with E-state index in [0.717, 1.165) is 23.1 Å². The average molecular weight is 444 g/mol. The van der Waals surface area contributed by atoms with Crippen LogP contribution < -0.4 is 11.1 Å². The largest absolute Gasteiger partial charge is 0.508 e. The molecule has 0 bridgehead atoms. The number of benzene rings is 3. The Labute approximate surface area is 194 Å². The molecule has 0 saturated carbocycles. The van der Waals surface area contributed by atoms with Crippen LogP contribution in [-0.2, 0) is 16.1 Å². The van der Waals surface area contributed by atoms with Crippen molar-refractivity contribution < 1.29 is 14.7 Å². The Kier molecular flexibility index (Phi) is 7.05. The van der Waals surface area contributed by atoms with E-state index in [4.69, 9.17) is 5.73 Å². The lowest BCUT2D eigenvalue weighted by atomic mass is 9.84. The number of nitrogens with zero attached hydrogens (tertiary/aromatic N) is 1. The van der Waals surface area contributed by atoms with Gasteiger partial charge in [-0.1, -0.05) is 72.8 Å². The van der Waals surface area contributed by atoms with Gasteiger partial charge in [0.05, 0.1) is 6.04 Å². The van der Waals surface area contributed by atoms with Crippen molar-refractivity contribution in [3.05, 3.63) is 102 Å². The maximum Gasteiger partial charge on any atom is 0.243 e. The highest BCUT2D eigenvalue weighted by atomic mass is 16.3. The molecular formula is C27H29N3O3. The van der Waals surface area contributed by atoms with Crippen LogP contribution in [0.25, 0.3) is 0 Å². The molecule has 0 aromatic heterocycles. The van der Waals surface area contributed by atoms with Crippen molar-refractivity contribution >= 4 is 11.8 Å². The molecule has 0 spiro atoms. The van der Waals surface area contributed by atoms with Crippen molar-refractivity contribution in [1.82, 2.24) is 10.2 Å². The number of hydrogen-bond acceptors (Lipinski definition) is 4. The number of nitrogens with one attached hydrogen (secondary N) is 1. The van der Waals surface area contributed by atoms with Gasteiger partial charge in [-0.15, -0.1) is 0 Å². The van der Waals surface area contributed by atoms with Gasteiger partial charge in [0.25, 0.3) is 0 Å². The summed E-state index contributed by atoms with van der Waals surface area (Å²) in [6.07, 6.45) is 1.36. The molecule has 6 heteroatoms. The number of likely N-dealkylation sites (tertiary alicyclic amines) is 1. The van der Waals surface area contributed by atoms with Gasteiger partial charge in [-0.05, 0) is 41.7 Å². The monoisotopic (exact) mass is 443 g/mol. The summed E-state index contributed by atoms with van der Waals surface area (Å²) < 4.78 is 0. The first-order valence-electron chi connectivity index (χ1n) is 11.3. The summed E-state index contributed by atoms with van der Waals surface area (Å²) >= 11 is 0.